The average molecular weight is 127 g/mol. The molecule has 0 aliphatic heterocycles. The quantitative estimate of drug-likeness (QED) is 0.559. The van der Waals surface area contributed by atoms with E-state index in [-0.39, 0.29) is 0 Å². The average Bonchev–Trinajstić information content (AvgIpc) is 2.50. The van der Waals surface area contributed by atoms with E-state index in [1.165, 1.54) is 19.3 Å². The fourth-order valence-corrected chi connectivity index (χ4v) is 1.04. The van der Waals surface area contributed by atoms with Crippen molar-refractivity contribution in [2.45, 2.75) is 32.2 Å². The third-order valence-corrected chi connectivity index (χ3v) is 1.74. The molecule has 1 aliphatic carbocycles. The van der Waals surface area contributed by atoms with Gasteiger partial charge in [-0.2, -0.15) is 0 Å². The van der Waals surface area contributed by atoms with Gasteiger partial charge in [-0.05, 0) is 19.3 Å². The Kier molecular flexibility index (Phi) is 2.09. The molecule has 1 atom stereocenters. The van der Waals surface area contributed by atoms with Crippen LogP contribution in [0.15, 0.2) is 0 Å². The molecule has 0 heterocycles. The molecule has 9 heavy (non-hydrogen) atoms. The van der Waals surface area contributed by atoms with Gasteiger partial charge in [-0.15, -0.1) is 0 Å². The van der Waals surface area contributed by atoms with Crippen molar-refractivity contribution in [1.29, 1.82) is 0 Å². The Balaban J connectivity index is 2.01. The van der Waals surface area contributed by atoms with Crippen molar-refractivity contribution < 1.29 is 4.79 Å². The zero-order chi connectivity index (χ0) is 6.69. The molecule has 1 amide bonds. The van der Waals surface area contributed by atoms with Crippen LogP contribution in [0.25, 0.3) is 0 Å². The molecule has 1 rings (SSSR count). The largest absolute Gasteiger partial charge is 0.356 e. The molecule has 1 unspecified atom stereocenters. The summed E-state index contributed by atoms with van der Waals surface area (Å²) >= 11 is 0. The summed E-state index contributed by atoms with van der Waals surface area (Å²) in [6, 6.07) is 0.384. The number of amides is 1. The van der Waals surface area contributed by atoms with Gasteiger partial charge in [-0.25, -0.2) is 0 Å². The Bertz CT molecular complexity index is 99.1. The first kappa shape index (κ1) is 6.59. The van der Waals surface area contributed by atoms with Crippen LogP contribution in [0.4, 0.5) is 0 Å². The molecule has 1 fully saturated rings. The normalized spacial score (nSPS) is 21.0. The van der Waals surface area contributed by atoms with E-state index < -0.39 is 0 Å². The second kappa shape index (κ2) is 2.85. The van der Waals surface area contributed by atoms with E-state index in [9.17, 15) is 4.79 Å². The van der Waals surface area contributed by atoms with Crippen molar-refractivity contribution in [2.24, 2.45) is 5.92 Å². The Labute approximate surface area is 55.6 Å². The number of nitrogens with one attached hydrogen (secondary N) is 1. The topological polar surface area (TPSA) is 29.1 Å². The highest BCUT2D eigenvalue weighted by molar-refractivity contribution is 5.46. The van der Waals surface area contributed by atoms with Gasteiger partial charge in [0.2, 0.25) is 6.41 Å². The first-order valence-corrected chi connectivity index (χ1v) is 3.52. The lowest BCUT2D eigenvalue weighted by atomic mass is 10.2. The molecule has 1 saturated carbocycles. The maximum atomic E-state index is 9.91. The van der Waals surface area contributed by atoms with Gasteiger partial charge >= 0.3 is 0 Å². The SMILES string of the molecule is CC(CC1CC1)NC=O. The van der Waals surface area contributed by atoms with Gasteiger partial charge in [0.05, 0.1) is 0 Å². The number of rotatable bonds is 4. The number of carbonyl (C=O) groups excluding carboxylic acids is 1. The second-order valence-electron chi connectivity index (χ2n) is 2.86. The lowest BCUT2D eigenvalue weighted by molar-refractivity contribution is -0.110. The molecule has 0 aromatic heterocycles. The number of carbonyl (C=O) groups is 1. The Morgan fingerprint density at radius 2 is 2.44 bits per heavy atom. The van der Waals surface area contributed by atoms with Gasteiger partial charge in [0, 0.05) is 6.04 Å². The third kappa shape index (κ3) is 2.49. The standard InChI is InChI=1S/C7H13NO/c1-6(8-5-9)4-7-2-3-7/h5-7H,2-4H2,1H3,(H,8,9). The van der Waals surface area contributed by atoms with Gasteiger partial charge in [-0.3, -0.25) is 4.79 Å². The van der Waals surface area contributed by atoms with Crippen LogP contribution in [0.1, 0.15) is 26.2 Å². The highest BCUT2D eigenvalue weighted by Crippen LogP contribution is 2.33. The molecule has 2 nitrogen and oxygen atoms in total. The van der Waals surface area contributed by atoms with E-state index in [4.69, 9.17) is 0 Å². The van der Waals surface area contributed by atoms with Crippen LogP contribution < -0.4 is 5.32 Å². The maximum Gasteiger partial charge on any atom is 0.207 e. The molecule has 2 heteroatoms. The van der Waals surface area contributed by atoms with E-state index in [0.29, 0.717) is 6.04 Å². The molecule has 0 aromatic carbocycles. The predicted octanol–water partition coefficient (Wildman–Crippen LogP) is 0.921. The number of hydrogen-bond donors (Lipinski definition) is 1. The van der Waals surface area contributed by atoms with Crippen LogP contribution >= 0.6 is 0 Å². The van der Waals surface area contributed by atoms with Crippen molar-refractivity contribution in [2.75, 3.05) is 0 Å². The highest BCUT2D eigenvalue weighted by Gasteiger charge is 2.22. The van der Waals surface area contributed by atoms with Crippen LogP contribution in [0.2, 0.25) is 0 Å². The highest BCUT2D eigenvalue weighted by atomic mass is 16.1. The summed E-state index contributed by atoms with van der Waals surface area (Å²) in [5.74, 6) is 0.910. The summed E-state index contributed by atoms with van der Waals surface area (Å²) in [5.41, 5.74) is 0. The summed E-state index contributed by atoms with van der Waals surface area (Å²) in [6.45, 7) is 2.05. The lowest BCUT2D eigenvalue weighted by Gasteiger charge is -2.06. The zero-order valence-corrected chi connectivity index (χ0v) is 5.76. The summed E-state index contributed by atoms with van der Waals surface area (Å²) in [6.07, 6.45) is 4.68. The lowest BCUT2D eigenvalue weighted by Crippen LogP contribution is -2.24. The summed E-state index contributed by atoms with van der Waals surface area (Å²) in [4.78, 5) is 9.91. The minimum Gasteiger partial charge on any atom is -0.356 e. The molecule has 0 saturated heterocycles. The van der Waals surface area contributed by atoms with E-state index >= 15 is 0 Å². The van der Waals surface area contributed by atoms with Crippen molar-refractivity contribution >= 4 is 6.41 Å². The molecule has 0 radical (unpaired) electrons. The fourth-order valence-electron chi connectivity index (χ4n) is 1.04. The molecule has 0 aromatic rings. The molecule has 1 N–H and O–H groups in total. The predicted molar refractivity (Wildman–Crippen MR) is 36.0 cm³/mol. The monoisotopic (exact) mass is 127 g/mol. The summed E-state index contributed by atoms with van der Waals surface area (Å²) < 4.78 is 0. The molecule has 1 aliphatic rings. The Morgan fingerprint density at radius 1 is 1.78 bits per heavy atom. The van der Waals surface area contributed by atoms with Crippen molar-refractivity contribution in [3.05, 3.63) is 0 Å². The van der Waals surface area contributed by atoms with Gasteiger partial charge < -0.3 is 5.32 Å². The fraction of sp³-hybridized carbons (Fsp3) is 0.857. The van der Waals surface area contributed by atoms with Crippen LogP contribution in [0, 0.1) is 5.92 Å². The Hall–Kier alpha value is -0.530. The molecular formula is C7H13NO. The summed E-state index contributed by atoms with van der Waals surface area (Å²) in [5, 5.41) is 2.74. The molecule has 52 valence electrons. The van der Waals surface area contributed by atoms with Crippen LogP contribution in [0.3, 0.4) is 0 Å². The summed E-state index contributed by atoms with van der Waals surface area (Å²) in [7, 11) is 0. The van der Waals surface area contributed by atoms with E-state index in [0.717, 1.165) is 12.3 Å². The third-order valence-electron chi connectivity index (χ3n) is 1.74. The minimum absolute atomic E-state index is 0.384. The molecule has 0 spiro atoms. The van der Waals surface area contributed by atoms with Gasteiger partial charge in [-0.1, -0.05) is 12.8 Å². The first-order valence-electron chi connectivity index (χ1n) is 3.52. The second-order valence-corrected chi connectivity index (χ2v) is 2.86. The first-order chi connectivity index (χ1) is 4.33. The minimum atomic E-state index is 0.384. The van der Waals surface area contributed by atoms with Gasteiger partial charge in [0.1, 0.15) is 0 Å². The smallest absolute Gasteiger partial charge is 0.207 e. The number of hydrogen-bond acceptors (Lipinski definition) is 1. The molecular weight excluding hydrogens is 114 g/mol. The van der Waals surface area contributed by atoms with Crippen LogP contribution in [0.5, 0.6) is 0 Å². The van der Waals surface area contributed by atoms with E-state index in [2.05, 4.69) is 5.32 Å². The van der Waals surface area contributed by atoms with Crippen molar-refractivity contribution in [3.8, 4) is 0 Å². The van der Waals surface area contributed by atoms with Crippen molar-refractivity contribution in [1.82, 2.24) is 5.32 Å². The zero-order valence-electron chi connectivity index (χ0n) is 5.76. The van der Waals surface area contributed by atoms with Crippen LogP contribution in [-0.2, 0) is 4.79 Å². The van der Waals surface area contributed by atoms with Gasteiger partial charge in [0.25, 0.3) is 0 Å². The van der Waals surface area contributed by atoms with Crippen molar-refractivity contribution in [3.63, 3.8) is 0 Å². The van der Waals surface area contributed by atoms with Gasteiger partial charge in [0.15, 0.2) is 0 Å². The van der Waals surface area contributed by atoms with E-state index in [1.807, 2.05) is 6.92 Å². The Morgan fingerprint density at radius 3 is 2.89 bits per heavy atom. The molecule has 0 bridgehead atoms. The maximum absolute atomic E-state index is 9.91. The van der Waals surface area contributed by atoms with Crippen LogP contribution in [-0.4, -0.2) is 12.5 Å². The van der Waals surface area contributed by atoms with E-state index in [1.54, 1.807) is 0 Å².